The summed E-state index contributed by atoms with van der Waals surface area (Å²) < 4.78 is 18.6. The van der Waals surface area contributed by atoms with Crippen molar-refractivity contribution >= 4 is 11.1 Å². The van der Waals surface area contributed by atoms with E-state index in [1.165, 1.54) is 12.1 Å². The largest absolute Gasteiger partial charge is 0.440 e. The summed E-state index contributed by atoms with van der Waals surface area (Å²) in [7, 11) is 0. The molecule has 0 bridgehead atoms. The van der Waals surface area contributed by atoms with E-state index < -0.39 is 0 Å². The van der Waals surface area contributed by atoms with Crippen LogP contribution in [0.5, 0.6) is 0 Å². The third-order valence-electron chi connectivity index (χ3n) is 3.01. The number of hydrogen-bond acceptors (Lipinski definition) is 3. The highest BCUT2D eigenvalue weighted by Crippen LogP contribution is 2.26. The van der Waals surface area contributed by atoms with Crippen molar-refractivity contribution in [1.29, 1.82) is 0 Å². The van der Waals surface area contributed by atoms with E-state index in [1.54, 1.807) is 6.07 Å². The molecule has 1 atom stereocenters. The van der Waals surface area contributed by atoms with Crippen LogP contribution in [0.2, 0.25) is 0 Å². The minimum atomic E-state index is -0.281. The molecule has 0 unspecified atom stereocenters. The smallest absolute Gasteiger partial charge is 0.199 e. The van der Waals surface area contributed by atoms with Gasteiger partial charge >= 0.3 is 0 Å². The molecule has 1 aromatic carbocycles. The van der Waals surface area contributed by atoms with Crippen molar-refractivity contribution in [1.82, 2.24) is 10.3 Å². The average Bonchev–Trinajstić information content (AvgIpc) is 2.73. The molecule has 1 fully saturated rings. The first-order chi connectivity index (χ1) is 7.83. The monoisotopic (exact) mass is 220 g/mol. The first kappa shape index (κ1) is 9.78. The summed E-state index contributed by atoms with van der Waals surface area (Å²) >= 11 is 0. The Morgan fingerprint density at radius 2 is 2.38 bits per heavy atom. The molecule has 3 rings (SSSR count). The quantitative estimate of drug-likeness (QED) is 0.802. The van der Waals surface area contributed by atoms with Crippen LogP contribution in [0, 0.1) is 5.82 Å². The van der Waals surface area contributed by atoms with Crippen molar-refractivity contribution in [2.24, 2.45) is 0 Å². The molecule has 0 saturated carbocycles. The van der Waals surface area contributed by atoms with Gasteiger partial charge in [-0.1, -0.05) is 0 Å². The summed E-state index contributed by atoms with van der Waals surface area (Å²) in [6, 6.07) is 4.46. The van der Waals surface area contributed by atoms with E-state index in [2.05, 4.69) is 10.3 Å². The molecule has 0 amide bonds. The summed E-state index contributed by atoms with van der Waals surface area (Å²) in [5, 5.41) is 3.31. The maximum Gasteiger partial charge on any atom is 0.199 e. The normalized spacial score (nSPS) is 21.4. The van der Waals surface area contributed by atoms with Crippen molar-refractivity contribution in [2.45, 2.75) is 18.8 Å². The molecule has 16 heavy (non-hydrogen) atoms. The van der Waals surface area contributed by atoms with Crippen LogP contribution in [0.15, 0.2) is 22.6 Å². The second kappa shape index (κ2) is 3.87. The van der Waals surface area contributed by atoms with Gasteiger partial charge in [0.05, 0.1) is 0 Å². The van der Waals surface area contributed by atoms with Crippen LogP contribution < -0.4 is 5.32 Å². The fraction of sp³-hybridized carbons (Fsp3) is 0.417. The molecule has 1 aliphatic rings. The number of halogens is 1. The Kier molecular flexibility index (Phi) is 2.36. The maximum absolute atomic E-state index is 13.0. The lowest BCUT2D eigenvalue weighted by Crippen LogP contribution is -2.28. The van der Waals surface area contributed by atoms with Gasteiger partial charge in [-0.05, 0) is 31.5 Å². The summed E-state index contributed by atoms with van der Waals surface area (Å²) in [4.78, 5) is 4.40. The topological polar surface area (TPSA) is 38.1 Å². The number of piperidine rings is 1. The summed E-state index contributed by atoms with van der Waals surface area (Å²) in [5.41, 5.74) is 1.28. The molecule has 84 valence electrons. The van der Waals surface area contributed by atoms with Gasteiger partial charge in [-0.15, -0.1) is 0 Å². The van der Waals surface area contributed by atoms with Crippen LogP contribution in [-0.4, -0.2) is 18.1 Å². The Hall–Kier alpha value is -1.42. The van der Waals surface area contributed by atoms with E-state index >= 15 is 0 Å². The molecule has 1 N–H and O–H groups in total. The van der Waals surface area contributed by atoms with Gasteiger partial charge in [-0.25, -0.2) is 9.37 Å². The predicted octanol–water partition coefficient (Wildman–Crippen LogP) is 2.43. The van der Waals surface area contributed by atoms with Gasteiger partial charge in [0, 0.05) is 18.5 Å². The summed E-state index contributed by atoms with van der Waals surface area (Å²) in [6.45, 7) is 1.96. The van der Waals surface area contributed by atoms with Crippen LogP contribution in [0.25, 0.3) is 11.1 Å². The van der Waals surface area contributed by atoms with Crippen LogP contribution in [0.3, 0.4) is 0 Å². The molecule has 1 saturated heterocycles. The van der Waals surface area contributed by atoms with E-state index in [1.807, 2.05) is 0 Å². The first-order valence-electron chi connectivity index (χ1n) is 5.59. The molecule has 2 heterocycles. The molecule has 2 aromatic rings. The Morgan fingerprint density at radius 3 is 3.19 bits per heavy atom. The van der Waals surface area contributed by atoms with Crippen LogP contribution in [-0.2, 0) is 0 Å². The zero-order chi connectivity index (χ0) is 11.0. The number of nitrogens with one attached hydrogen (secondary N) is 1. The third-order valence-corrected chi connectivity index (χ3v) is 3.01. The molecule has 1 aliphatic heterocycles. The molecule has 3 nitrogen and oxygen atoms in total. The van der Waals surface area contributed by atoms with E-state index in [4.69, 9.17) is 4.42 Å². The second-order valence-electron chi connectivity index (χ2n) is 4.21. The highest BCUT2D eigenvalue weighted by atomic mass is 19.1. The van der Waals surface area contributed by atoms with Crippen molar-refractivity contribution in [3.63, 3.8) is 0 Å². The first-order valence-corrected chi connectivity index (χ1v) is 5.59. The van der Waals surface area contributed by atoms with Crippen molar-refractivity contribution in [3.05, 3.63) is 29.9 Å². The van der Waals surface area contributed by atoms with Gasteiger partial charge in [0.1, 0.15) is 11.3 Å². The van der Waals surface area contributed by atoms with Crippen LogP contribution in [0.1, 0.15) is 24.7 Å². The van der Waals surface area contributed by atoms with E-state index in [0.29, 0.717) is 11.5 Å². The van der Waals surface area contributed by atoms with Gasteiger partial charge in [0.2, 0.25) is 0 Å². The highest BCUT2D eigenvalue weighted by molar-refractivity contribution is 5.72. The molecular formula is C12H13FN2O. The summed E-state index contributed by atoms with van der Waals surface area (Å²) in [6.07, 6.45) is 2.22. The van der Waals surface area contributed by atoms with Crippen LogP contribution in [0.4, 0.5) is 4.39 Å². The number of rotatable bonds is 1. The second-order valence-corrected chi connectivity index (χ2v) is 4.21. The molecular weight excluding hydrogens is 207 g/mol. The highest BCUT2D eigenvalue weighted by Gasteiger charge is 2.20. The van der Waals surface area contributed by atoms with Crippen LogP contribution >= 0.6 is 0 Å². The number of aromatic nitrogens is 1. The third kappa shape index (κ3) is 1.69. The zero-order valence-electron chi connectivity index (χ0n) is 8.87. The number of oxazole rings is 1. The lowest BCUT2D eigenvalue weighted by Gasteiger charge is -2.19. The lowest BCUT2D eigenvalue weighted by molar-refractivity contribution is 0.387. The fourth-order valence-electron chi connectivity index (χ4n) is 2.15. The van der Waals surface area contributed by atoms with Gasteiger partial charge in [-0.2, -0.15) is 0 Å². The lowest BCUT2D eigenvalue weighted by atomic mass is 10.00. The van der Waals surface area contributed by atoms with Gasteiger partial charge in [0.25, 0.3) is 0 Å². The average molecular weight is 220 g/mol. The maximum atomic E-state index is 13.0. The number of nitrogens with zero attached hydrogens (tertiary/aromatic N) is 1. The minimum absolute atomic E-state index is 0.281. The fourth-order valence-corrected chi connectivity index (χ4v) is 2.15. The Balaban J connectivity index is 1.97. The Labute approximate surface area is 92.7 Å². The van der Waals surface area contributed by atoms with Gasteiger partial charge < -0.3 is 9.73 Å². The predicted molar refractivity (Wildman–Crippen MR) is 58.8 cm³/mol. The molecule has 1 aromatic heterocycles. The molecule has 0 radical (unpaired) electrons. The molecule has 0 aliphatic carbocycles. The Morgan fingerprint density at radius 1 is 1.44 bits per heavy atom. The molecule has 4 heteroatoms. The SMILES string of the molecule is Fc1ccc2nc([C@@H]3CCCNC3)oc2c1. The van der Waals surface area contributed by atoms with E-state index in [-0.39, 0.29) is 5.82 Å². The van der Waals surface area contributed by atoms with Crippen molar-refractivity contribution < 1.29 is 8.81 Å². The zero-order valence-corrected chi connectivity index (χ0v) is 8.87. The number of fused-ring (bicyclic) bond motifs is 1. The molecule has 0 spiro atoms. The minimum Gasteiger partial charge on any atom is -0.440 e. The van der Waals surface area contributed by atoms with E-state index in [9.17, 15) is 4.39 Å². The van der Waals surface area contributed by atoms with Gasteiger partial charge in [-0.3, -0.25) is 0 Å². The Bertz CT molecular complexity index is 503. The van der Waals surface area contributed by atoms with E-state index in [0.717, 1.165) is 37.3 Å². The van der Waals surface area contributed by atoms with Crippen molar-refractivity contribution in [2.75, 3.05) is 13.1 Å². The number of hydrogen-bond donors (Lipinski definition) is 1. The standard InChI is InChI=1S/C12H13FN2O/c13-9-3-4-10-11(6-9)16-12(15-10)8-2-1-5-14-7-8/h3-4,6,8,14H,1-2,5,7H2/t8-/m1/s1. The van der Waals surface area contributed by atoms with Gasteiger partial charge in [0.15, 0.2) is 11.5 Å². The summed E-state index contributed by atoms with van der Waals surface area (Å²) in [5.74, 6) is 0.772. The number of benzene rings is 1. The van der Waals surface area contributed by atoms with Crippen molar-refractivity contribution in [3.8, 4) is 0 Å².